The van der Waals surface area contributed by atoms with Gasteiger partial charge < -0.3 is 4.74 Å². The molecule has 1 fully saturated rings. The van der Waals surface area contributed by atoms with E-state index in [2.05, 4.69) is 4.74 Å². The molecular weight excluding hydrogens is 433 g/mol. The lowest BCUT2D eigenvalue weighted by molar-refractivity contribution is -0.274. The molecule has 0 spiro atoms. The number of halogens is 3. The highest BCUT2D eigenvalue weighted by Gasteiger charge is 2.32. The van der Waals surface area contributed by atoms with Gasteiger partial charge in [0.05, 0.1) is 11.0 Å². The third-order valence-electron chi connectivity index (χ3n) is 5.11. The van der Waals surface area contributed by atoms with Gasteiger partial charge in [-0.15, -0.1) is 24.5 Å². The van der Waals surface area contributed by atoms with Gasteiger partial charge in [-0.05, 0) is 53.8 Å². The minimum atomic E-state index is -4.71. The van der Waals surface area contributed by atoms with Crippen LogP contribution in [0.15, 0.2) is 60.7 Å². The molecule has 1 aromatic heterocycles. The molecule has 0 bridgehead atoms. The Hall–Kier alpha value is -2.32. The fourth-order valence-corrected chi connectivity index (χ4v) is 7.09. The summed E-state index contributed by atoms with van der Waals surface area (Å²) in [5, 5.41) is -0.401. The highest BCUT2D eigenvalue weighted by Crippen LogP contribution is 2.40. The molecule has 3 nitrogen and oxygen atoms in total. The molecule has 30 heavy (non-hydrogen) atoms. The van der Waals surface area contributed by atoms with Crippen LogP contribution in [-0.4, -0.2) is 20.5 Å². The van der Waals surface area contributed by atoms with Crippen LogP contribution < -0.4 is 4.74 Å². The number of hydrogen-bond donors (Lipinski definition) is 0. The summed E-state index contributed by atoms with van der Waals surface area (Å²) in [6.07, 6.45) is -2.37. The fourth-order valence-electron chi connectivity index (χ4n) is 3.63. The summed E-state index contributed by atoms with van der Waals surface area (Å²) in [5.41, 5.74) is 2.61. The molecule has 0 saturated carbocycles. The Kier molecular flexibility index (Phi) is 5.63. The topological polar surface area (TPSA) is 43.4 Å². The van der Waals surface area contributed by atoms with E-state index >= 15 is 0 Å². The number of hydrogen-bond acceptors (Lipinski definition) is 4. The zero-order valence-electron chi connectivity index (χ0n) is 15.9. The molecule has 1 aliphatic rings. The van der Waals surface area contributed by atoms with Crippen molar-refractivity contribution in [1.29, 1.82) is 0 Å². The Balaban J connectivity index is 1.51. The number of alkyl halides is 3. The molecule has 0 radical (unpaired) electrons. The maximum atomic E-state index is 12.4. The fraction of sp³-hybridized carbons (Fsp3) is 0.273. The van der Waals surface area contributed by atoms with Gasteiger partial charge in [0.1, 0.15) is 5.75 Å². The summed E-state index contributed by atoms with van der Waals surface area (Å²) >= 11 is 1.50. The van der Waals surface area contributed by atoms with Crippen LogP contribution in [0.25, 0.3) is 21.6 Å². The van der Waals surface area contributed by atoms with Gasteiger partial charge in [0.15, 0.2) is 9.84 Å². The van der Waals surface area contributed by atoms with E-state index in [0.717, 1.165) is 39.3 Å². The van der Waals surface area contributed by atoms with Crippen molar-refractivity contribution in [2.45, 2.75) is 30.9 Å². The molecule has 0 N–H and O–H groups in total. The first-order valence-electron chi connectivity index (χ1n) is 9.49. The third-order valence-corrected chi connectivity index (χ3v) is 8.72. The van der Waals surface area contributed by atoms with Crippen molar-refractivity contribution in [3.05, 3.63) is 65.5 Å². The first-order chi connectivity index (χ1) is 14.2. The van der Waals surface area contributed by atoms with Gasteiger partial charge in [0, 0.05) is 9.75 Å². The number of sulfone groups is 1. The summed E-state index contributed by atoms with van der Waals surface area (Å²) in [6, 6.07) is 17.2. The summed E-state index contributed by atoms with van der Waals surface area (Å²) in [7, 11) is -3.07. The molecule has 3 aromatic rings. The van der Waals surface area contributed by atoms with Gasteiger partial charge in [-0.3, -0.25) is 0 Å². The van der Waals surface area contributed by atoms with Crippen LogP contribution in [0.1, 0.15) is 29.4 Å². The van der Waals surface area contributed by atoms with Crippen LogP contribution in [-0.2, 0) is 9.84 Å². The molecule has 0 unspecified atom stereocenters. The quantitative estimate of drug-likeness (QED) is 0.447. The van der Waals surface area contributed by atoms with E-state index in [-0.39, 0.29) is 11.5 Å². The molecule has 1 saturated heterocycles. The predicted octanol–water partition coefficient (Wildman–Crippen LogP) is 6.62. The molecule has 4 rings (SSSR count). The number of thiophene rings is 1. The van der Waals surface area contributed by atoms with E-state index < -0.39 is 21.4 Å². The van der Waals surface area contributed by atoms with Gasteiger partial charge in [0.25, 0.3) is 0 Å². The molecule has 0 amide bonds. The Morgan fingerprint density at radius 3 is 2.03 bits per heavy atom. The van der Waals surface area contributed by atoms with E-state index in [4.69, 9.17) is 0 Å². The maximum Gasteiger partial charge on any atom is 0.573 e. The standard InChI is InChI=1S/C22H19F3O3S2/c23-22(24,25)28-18-10-8-16(9-11-18)15-4-6-17(7-5-15)19-12-13-20(29-19)21-3-1-2-14-30(21,26)27/h4-13,21H,1-3,14H2/t21-/m0/s1. The number of rotatable bonds is 4. The monoisotopic (exact) mass is 452 g/mol. The lowest BCUT2D eigenvalue weighted by Crippen LogP contribution is -2.20. The van der Waals surface area contributed by atoms with Gasteiger partial charge in [-0.25, -0.2) is 8.42 Å². The highest BCUT2D eigenvalue weighted by molar-refractivity contribution is 7.91. The normalized spacial score (nSPS) is 18.8. The lowest BCUT2D eigenvalue weighted by atomic mass is 10.0. The molecule has 2 aromatic carbocycles. The minimum absolute atomic E-state index is 0.256. The Bertz CT molecular complexity index is 1120. The summed E-state index contributed by atoms with van der Waals surface area (Å²) < 4.78 is 65.5. The van der Waals surface area contributed by atoms with Crippen molar-refractivity contribution < 1.29 is 26.3 Å². The second kappa shape index (κ2) is 8.07. The minimum Gasteiger partial charge on any atom is -0.406 e. The lowest BCUT2D eigenvalue weighted by Gasteiger charge is -2.20. The smallest absolute Gasteiger partial charge is 0.406 e. The molecule has 158 valence electrons. The predicted molar refractivity (Wildman–Crippen MR) is 112 cm³/mol. The molecule has 1 atom stereocenters. The second-order valence-corrected chi connectivity index (χ2v) is 10.6. The number of benzene rings is 2. The van der Waals surface area contributed by atoms with Crippen LogP contribution in [0, 0.1) is 0 Å². The molecule has 1 aliphatic heterocycles. The molecule has 8 heteroatoms. The van der Waals surface area contributed by atoms with Crippen molar-refractivity contribution in [2.75, 3.05) is 5.75 Å². The van der Waals surface area contributed by atoms with Crippen LogP contribution in [0.5, 0.6) is 5.75 Å². The second-order valence-electron chi connectivity index (χ2n) is 7.20. The van der Waals surface area contributed by atoms with E-state index in [0.29, 0.717) is 6.42 Å². The van der Waals surface area contributed by atoms with Crippen molar-refractivity contribution in [3.63, 3.8) is 0 Å². The molecule has 0 aliphatic carbocycles. The molecule has 2 heterocycles. The summed E-state index contributed by atoms with van der Waals surface area (Å²) in [6.45, 7) is 0. The summed E-state index contributed by atoms with van der Waals surface area (Å²) in [5.74, 6) is -0.00138. The van der Waals surface area contributed by atoms with E-state index in [1.165, 1.54) is 23.5 Å². The van der Waals surface area contributed by atoms with E-state index in [9.17, 15) is 21.6 Å². The van der Waals surface area contributed by atoms with Crippen LogP contribution >= 0.6 is 11.3 Å². The van der Waals surface area contributed by atoms with Gasteiger partial charge in [0.2, 0.25) is 0 Å². The zero-order valence-corrected chi connectivity index (χ0v) is 17.5. The van der Waals surface area contributed by atoms with Gasteiger partial charge in [-0.1, -0.05) is 42.8 Å². The van der Waals surface area contributed by atoms with Gasteiger partial charge in [-0.2, -0.15) is 0 Å². The molecular formula is C22H19F3O3S2. The highest BCUT2D eigenvalue weighted by atomic mass is 32.2. The Labute approximate surface area is 177 Å². The van der Waals surface area contributed by atoms with Crippen LogP contribution in [0.3, 0.4) is 0 Å². The maximum absolute atomic E-state index is 12.4. The van der Waals surface area contributed by atoms with Crippen molar-refractivity contribution in [3.8, 4) is 27.3 Å². The number of ether oxygens (including phenoxy) is 1. The van der Waals surface area contributed by atoms with E-state index in [1.54, 1.807) is 12.1 Å². The van der Waals surface area contributed by atoms with Crippen molar-refractivity contribution in [2.24, 2.45) is 0 Å². The first kappa shape index (κ1) is 20.9. The van der Waals surface area contributed by atoms with E-state index in [1.807, 2.05) is 36.4 Å². The largest absolute Gasteiger partial charge is 0.573 e. The first-order valence-corrected chi connectivity index (χ1v) is 12.0. The SMILES string of the molecule is O=S1(=O)CCCC[C@H]1c1ccc(-c2ccc(-c3ccc(OC(F)(F)F)cc3)cc2)s1. The average molecular weight is 453 g/mol. The Morgan fingerprint density at radius 1 is 0.833 bits per heavy atom. The van der Waals surface area contributed by atoms with Crippen LogP contribution in [0.4, 0.5) is 13.2 Å². The van der Waals surface area contributed by atoms with Crippen molar-refractivity contribution >= 4 is 21.2 Å². The average Bonchev–Trinajstić information content (AvgIpc) is 3.17. The zero-order chi connectivity index (χ0) is 21.4. The Morgan fingerprint density at radius 2 is 1.43 bits per heavy atom. The van der Waals surface area contributed by atoms with Crippen LogP contribution in [0.2, 0.25) is 0 Å². The van der Waals surface area contributed by atoms with Crippen molar-refractivity contribution in [1.82, 2.24) is 0 Å². The third kappa shape index (κ3) is 4.70. The summed E-state index contributed by atoms with van der Waals surface area (Å²) in [4.78, 5) is 1.88. The van der Waals surface area contributed by atoms with Gasteiger partial charge >= 0.3 is 6.36 Å².